The Hall–Kier alpha value is -10.3. The number of aromatic nitrogens is 8. The number of hydrogen-bond acceptors (Lipinski definition) is 18. The summed E-state index contributed by atoms with van der Waals surface area (Å²) < 4.78 is 9.13. The molecule has 7 heterocycles. The summed E-state index contributed by atoms with van der Waals surface area (Å²) in [5, 5.41) is 7.74. The first kappa shape index (κ1) is 80.3. The van der Waals surface area contributed by atoms with Crippen LogP contribution in [0.3, 0.4) is 0 Å². The zero-order chi connectivity index (χ0) is 77.6. The lowest BCUT2D eigenvalue weighted by Gasteiger charge is -2.34. The first-order valence-electron chi connectivity index (χ1n) is 36.1. The number of H-pyrrole nitrogens is 1. The number of carbonyl (C=O) groups is 2. The normalized spacial score (nSPS) is 13.7. The summed E-state index contributed by atoms with van der Waals surface area (Å²) in [5.41, 5.74) is 20.5. The first-order chi connectivity index (χ1) is 54.0. The lowest BCUT2D eigenvalue weighted by atomic mass is 10.1. The highest BCUT2D eigenvalue weighted by Gasteiger charge is 2.23. The topological polar surface area (TPSA) is 247 Å². The standard InChI is InChI=1S/C25H32N6O.C19H19BrN4.C14H8BrClN2.C14H9BrN2O.C7H7BrN2O.C7H6O/c1-29-11-13-31(14-12-29)25-22-19-21(26-9-10-30-15-17-32-18-16-30)7-8-23(22)27-24(28-25)20-5-3-2-4-6-20;1-23-9-11-24(12-10-23)19-16-13-15(20)7-8-17(16)21-18(22-19)14-5-3-2-4-6-14;15-10-6-7-12-11(8-10)13(16)18-14(17-12)9-4-2-1-3-5-9;15-10-6-7-12-11(8-10)14(18)17-13(16-12)9-4-2-1-3-5-9;8-4-1-2-6(9)5(3-4)7(10)11;8-6-7-4-2-1-3-5-7/h2-8,19,26H,9-18H2,1H3;2-8,13H,9-12H2,1H3;1-8H;1-8H,(H,16,17,18);1-3H,9H2,(H2,10,11);1-6H. The number of nitrogens with one attached hydrogen (secondary N) is 2. The average molecular weight is 1760 g/mol. The number of carbonyl (C=O) groups excluding carboxylic acids is 2. The molecule has 25 heteroatoms. The summed E-state index contributed by atoms with van der Waals surface area (Å²) in [6.07, 6.45) is 0.833. The number of piperazine rings is 2. The van der Waals surface area contributed by atoms with Crippen LogP contribution in [0.2, 0.25) is 5.15 Å². The predicted octanol–water partition coefficient (Wildman–Crippen LogP) is 17.3. The SMILES string of the molecule is CN1CCN(c2nc(-c3ccccc3)nc3ccc(Br)cc23)CC1.CN1CCN(c2nc(-c3ccccc3)nc3ccc(NCCN4CCOCC4)cc23)CC1.Clc1nc(-c2ccccc2)nc2ccc(Br)cc12.NC(=O)c1cc(Br)ccc1N.O=Cc1ccccc1.O=c1[nH]c(-c2ccccc2)nc2ccc(Br)cc12. The molecule has 0 spiro atoms. The van der Waals surface area contributed by atoms with Gasteiger partial charge in [-0.2, -0.15) is 0 Å². The Balaban J connectivity index is 0.000000130. The maximum absolute atomic E-state index is 12.0. The molecule has 14 aromatic rings. The van der Waals surface area contributed by atoms with Crippen LogP contribution < -0.4 is 32.1 Å². The largest absolute Gasteiger partial charge is 0.398 e. The monoisotopic (exact) mass is 1750 g/mol. The maximum atomic E-state index is 12.0. The van der Waals surface area contributed by atoms with Gasteiger partial charge in [-0.3, -0.25) is 19.3 Å². The van der Waals surface area contributed by atoms with E-state index in [1.807, 2.05) is 152 Å². The predicted molar refractivity (Wildman–Crippen MR) is 465 cm³/mol. The van der Waals surface area contributed by atoms with Crippen LogP contribution in [-0.4, -0.2) is 173 Å². The average Bonchev–Trinajstić information content (AvgIpc) is 0.800. The third-order valence-corrected chi connectivity index (χ3v) is 20.7. The van der Waals surface area contributed by atoms with Crippen LogP contribution >= 0.6 is 75.3 Å². The molecule has 564 valence electrons. The quantitative estimate of drug-likeness (QED) is 0.0504. The Morgan fingerprint density at radius 2 is 0.883 bits per heavy atom. The zero-order valence-corrected chi connectivity index (χ0v) is 68.2. The second-order valence-corrected chi connectivity index (χ2v) is 30.3. The van der Waals surface area contributed by atoms with E-state index in [2.05, 4.69) is 182 Å². The molecule has 0 unspecified atom stereocenters. The summed E-state index contributed by atoms with van der Waals surface area (Å²) in [4.78, 5) is 80.5. The van der Waals surface area contributed by atoms with Gasteiger partial charge < -0.3 is 46.1 Å². The minimum Gasteiger partial charge on any atom is -0.398 e. The number of nitrogens with two attached hydrogens (primary N) is 2. The van der Waals surface area contributed by atoms with Gasteiger partial charge >= 0.3 is 0 Å². The van der Waals surface area contributed by atoms with E-state index in [0.717, 1.165) is 205 Å². The van der Waals surface area contributed by atoms with Gasteiger partial charge in [0.05, 0.1) is 46.2 Å². The molecule has 0 saturated carbocycles. The molecule has 3 aliphatic heterocycles. The number of amides is 1. The molecule has 0 radical (unpaired) electrons. The number of likely N-dealkylation sites (N-methyl/N-ethyl adjacent to an activating group) is 2. The molecule has 111 heavy (non-hydrogen) atoms. The molecule has 6 N–H and O–H groups in total. The molecule has 4 aromatic heterocycles. The number of nitrogens with zero attached hydrogens (tertiary/aromatic N) is 12. The number of hydrogen-bond donors (Lipinski definition) is 4. The highest BCUT2D eigenvalue weighted by Crippen LogP contribution is 2.34. The van der Waals surface area contributed by atoms with E-state index >= 15 is 0 Å². The molecular formula is C86H81Br4ClN16O4. The third-order valence-electron chi connectivity index (χ3n) is 18.4. The molecule has 3 fully saturated rings. The van der Waals surface area contributed by atoms with E-state index < -0.39 is 5.91 Å². The molecule has 3 saturated heterocycles. The van der Waals surface area contributed by atoms with Gasteiger partial charge in [0.1, 0.15) is 28.9 Å². The number of primary amides is 1. The lowest BCUT2D eigenvalue weighted by molar-refractivity contribution is 0.0398. The second kappa shape index (κ2) is 39.6. The van der Waals surface area contributed by atoms with E-state index in [-0.39, 0.29) is 5.56 Å². The van der Waals surface area contributed by atoms with Gasteiger partial charge in [-0.15, -0.1) is 0 Å². The molecule has 0 aliphatic carbocycles. The molecular weight excluding hydrogens is 1680 g/mol. The summed E-state index contributed by atoms with van der Waals surface area (Å²) in [6.45, 7) is 13.8. The molecule has 1 amide bonds. The van der Waals surface area contributed by atoms with Crippen LogP contribution in [0, 0.1) is 0 Å². The Kier molecular flexibility index (Phi) is 28.6. The minimum atomic E-state index is -0.510. The number of anilines is 4. The van der Waals surface area contributed by atoms with E-state index in [1.165, 1.54) is 0 Å². The van der Waals surface area contributed by atoms with Gasteiger partial charge in [0.2, 0.25) is 0 Å². The second-order valence-electron chi connectivity index (χ2n) is 26.3. The number of halogens is 5. The number of ether oxygens (including phenoxy) is 1. The van der Waals surface area contributed by atoms with Crippen molar-refractivity contribution in [3.05, 3.63) is 287 Å². The van der Waals surface area contributed by atoms with Crippen molar-refractivity contribution in [1.82, 2.24) is 54.6 Å². The van der Waals surface area contributed by atoms with Crippen molar-refractivity contribution in [2.45, 2.75) is 0 Å². The van der Waals surface area contributed by atoms with Crippen molar-refractivity contribution in [1.29, 1.82) is 0 Å². The molecule has 17 rings (SSSR count). The Labute approximate surface area is 682 Å². The molecule has 20 nitrogen and oxygen atoms in total. The maximum Gasteiger partial charge on any atom is 0.259 e. The molecule has 0 bridgehead atoms. The van der Waals surface area contributed by atoms with Crippen molar-refractivity contribution >= 4 is 154 Å². The van der Waals surface area contributed by atoms with E-state index in [1.54, 1.807) is 36.4 Å². The smallest absolute Gasteiger partial charge is 0.259 e. The Morgan fingerprint density at radius 3 is 1.35 bits per heavy atom. The summed E-state index contributed by atoms with van der Waals surface area (Å²) in [7, 11) is 4.35. The van der Waals surface area contributed by atoms with Gasteiger partial charge in [-0.25, -0.2) is 34.9 Å². The van der Waals surface area contributed by atoms with Gasteiger partial charge in [0.25, 0.3) is 11.5 Å². The summed E-state index contributed by atoms with van der Waals surface area (Å²) in [6, 6.07) is 78.0. The fraction of sp³-hybridized carbons (Fsp3) is 0.186. The number of aromatic amines is 1. The van der Waals surface area contributed by atoms with Crippen LogP contribution in [0.5, 0.6) is 0 Å². The number of nitrogen functional groups attached to an aromatic ring is 1. The first-order valence-corrected chi connectivity index (χ1v) is 39.6. The Morgan fingerprint density at radius 1 is 0.477 bits per heavy atom. The summed E-state index contributed by atoms with van der Waals surface area (Å²) >= 11 is 19.8. The van der Waals surface area contributed by atoms with Crippen LogP contribution in [-0.2, 0) is 4.74 Å². The zero-order valence-electron chi connectivity index (χ0n) is 61.1. The molecule has 0 atom stereocenters. The van der Waals surface area contributed by atoms with Crippen LogP contribution in [0.25, 0.3) is 89.2 Å². The van der Waals surface area contributed by atoms with Crippen molar-refractivity contribution in [2.24, 2.45) is 5.73 Å². The molecule has 3 aliphatic rings. The minimum absolute atomic E-state index is 0.125. The number of morpholine rings is 1. The van der Waals surface area contributed by atoms with E-state index in [4.69, 9.17) is 47.7 Å². The number of fused-ring (bicyclic) bond motifs is 4. The van der Waals surface area contributed by atoms with Crippen LogP contribution in [0.4, 0.5) is 23.0 Å². The van der Waals surface area contributed by atoms with E-state index in [0.29, 0.717) is 39.0 Å². The fourth-order valence-corrected chi connectivity index (χ4v) is 14.0. The number of rotatable bonds is 12. The van der Waals surface area contributed by atoms with Crippen molar-refractivity contribution in [3.8, 4) is 45.6 Å². The summed E-state index contributed by atoms with van der Waals surface area (Å²) in [5.74, 6) is 4.39. The van der Waals surface area contributed by atoms with Crippen LogP contribution in [0.15, 0.2) is 265 Å². The van der Waals surface area contributed by atoms with Gasteiger partial charge in [-0.1, -0.05) is 227 Å². The number of aldehydes is 1. The van der Waals surface area contributed by atoms with Crippen molar-refractivity contribution in [3.63, 3.8) is 0 Å². The van der Waals surface area contributed by atoms with Gasteiger partial charge in [-0.05, 0) is 105 Å². The van der Waals surface area contributed by atoms with Gasteiger partial charge in [0, 0.05) is 152 Å². The Bertz CT molecular complexity index is 5520. The highest BCUT2D eigenvalue weighted by atomic mass is 79.9. The van der Waals surface area contributed by atoms with E-state index in [9.17, 15) is 14.4 Å². The van der Waals surface area contributed by atoms with Crippen molar-refractivity contribution < 1.29 is 14.3 Å². The third kappa shape index (κ3) is 22.3. The number of benzene rings is 10. The molecule has 10 aromatic carbocycles. The van der Waals surface area contributed by atoms with Crippen LogP contribution in [0.1, 0.15) is 20.7 Å². The van der Waals surface area contributed by atoms with Crippen molar-refractivity contribution in [2.75, 3.05) is 127 Å². The highest BCUT2D eigenvalue weighted by molar-refractivity contribution is 9.11. The fourth-order valence-electron chi connectivity index (χ4n) is 12.3. The van der Waals surface area contributed by atoms with Gasteiger partial charge in [0.15, 0.2) is 17.5 Å². The lowest BCUT2D eigenvalue weighted by Crippen LogP contribution is -2.45.